The van der Waals surface area contributed by atoms with E-state index in [0.29, 0.717) is 0 Å². The van der Waals surface area contributed by atoms with Crippen molar-refractivity contribution in [3.8, 4) is 0 Å². The molecule has 0 radical (unpaired) electrons. The van der Waals surface area contributed by atoms with Crippen LogP contribution in [0.2, 0.25) is 0 Å². The quantitative estimate of drug-likeness (QED) is 0.0559. The van der Waals surface area contributed by atoms with Crippen LogP contribution in [-0.2, 0) is 0 Å². The summed E-state index contributed by atoms with van der Waals surface area (Å²) < 4.78 is 1.46. The summed E-state index contributed by atoms with van der Waals surface area (Å²) in [6, 6.07) is 0. The maximum atomic E-state index is 2.36. The van der Waals surface area contributed by atoms with Crippen molar-refractivity contribution in [2.75, 3.05) is 26.2 Å². The Kier molecular flexibility index (Phi) is 34.9. The number of unbranched alkanes of at least 4 members (excludes halogenated alkanes) is 23. The van der Waals surface area contributed by atoms with Gasteiger partial charge < -0.3 is 21.5 Å². The summed E-state index contributed by atoms with van der Waals surface area (Å²) >= 11 is 0. The van der Waals surface area contributed by atoms with E-state index in [1.807, 2.05) is 0 Å². The fourth-order valence-electron chi connectivity index (χ4n) is 6.11. The summed E-state index contributed by atoms with van der Waals surface area (Å²) in [4.78, 5) is 0. The van der Waals surface area contributed by atoms with Gasteiger partial charge in [-0.3, -0.25) is 0 Å². The van der Waals surface area contributed by atoms with Crippen molar-refractivity contribution in [1.29, 1.82) is 0 Å². The molecule has 0 aliphatic carbocycles. The van der Waals surface area contributed by atoms with E-state index in [0.717, 1.165) is 0 Å². The Balaban J connectivity index is 0. The van der Waals surface area contributed by atoms with E-state index in [9.17, 15) is 0 Å². The fraction of sp³-hybridized carbons (Fsp3) is 1.00. The zero-order valence-corrected chi connectivity index (χ0v) is 28.3. The van der Waals surface area contributed by atoms with Crippen LogP contribution in [0.25, 0.3) is 0 Å². The molecular weight excluding hydrogens is 514 g/mol. The largest absolute Gasteiger partial charge is 1.00 e. The van der Waals surface area contributed by atoms with Crippen LogP contribution in [0.1, 0.15) is 201 Å². The van der Waals surface area contributed by atoms with Gasteiger partial charge in [0.1, 0.15) is 0 Å². The molecule has 0 aromatic heterocycles. The van der Waals surface area contributed by atoms with Crippen LogP contribution in [0, 0.1) is 0 Å². The van der Waals surface area contributed by atoms with Crippen LogP contribution >= 0.6 is 0 Å². The maximum absolute atomic E-state index is 2.36. The highest BCUT2D eigenvalue weighted by atomic mass is 79.9. The van der Waals surface area contributed by atoms with Gasteiger partial charge in [0.2, 0.25) is 0 Å². The van der Waals surface area contributed by atoms with Gasteiger partial charge in [-0.25, -0.2) is 0 Å². The molecule has 0 aliphatic heterocycles. The third-order valence-electron chi connectivity index (χ3n) is 8.69. The summed E-state index contributed by atoms with van der Waals surface area (Å²) in [5.41, 5.74) is 0. The average Bonchev–Trinajstić information content (AvgIpc) is 2.88. The number of halogens is 1. The molecule has 0 heterocycles. The third kappa shape index (κ3) is 27.8. The molecule has 0 amide bonds. The molecule has 37 heavy (non-hydrogen) atoms. The first-order valence-corrected chi connectivity index (χ1v) is 17.6. The molecule has 0 saturated carbocycles. The molecule has 1 nitrogen and oxygen atoms in total. The SMILES string of the molecule is CCCCCCCCCCCCCCCCCCCC[N+](CCCCC)(CCCCC)CCCCC.[Br-]. The Hall–Kier alpha value is 0.440. The minimum atomic E-state index is 0. The Morgan fingerprint density at radius 3 is 0.649 bits per heavy atom. The Morgan fingerprint density at radius 1 is 0.243 bits per heavy atom. The van der Waals surface area contributed by atoms with Crippen molar-refractivity contribution in [3.05, 3.63) is 0 Å². The van der Waals surface area contributed by atoms with Gasteiger partial charge in [-0.1, -0.05) is 150 Å². The van der Waals surface area contributed by atoms with Gasteiger partial charge in [-0.2, -0.15) is 0 Å². The normalized spacial score (nSPS) is 11.7. The number of rotatable bonds is 31. The lowest BCUT2D eigenvalue weighted by molar-refractivity contribution is -0.929. The molecule has 0 aromatic carbocycles. The van der Waals surface area contributed by atoms with E-state index < -0.39 is 0 Å². The summed E-state index contributed by atoms with van der Waals surface area (Å²) in [7, 11) is 0. The summed E-state index contributed by atoms with van der Waals surface area (Å²) in [5.74, 6) is 0. The van der Waals surface area contributed by atoms with Crippen molar-refractivity contribution in [2.45, 2.75) is 201 Å². The standard InChI is InChI=1S/C35H74N.BrH/c1-5-9-13-14-15-16-17-18-19-20-21-22-23-24-25-26-27-31-35-36(32-28-10-6-2,33-29-11-7-3)34-30-12-8-4;/h5-35H2,1-4H3;1H/q+1;/p-1. The van der Waals surface area contributed by atoms with Gasteiger partial charge in [-0.05, 0) is 51.4 Å². The van der Waals surface area contributed by atoms with Crippen LogP contribution in [-0.4, -0.2) is 30.7 Å². The zero-order chi connectivity index (χ0) is 26.4. The van der Waals surface area contributed by atoms with Crippen LogP contribution in [0.4, 0.5) is 0 Å². The van der Waals surface area contributed by atoms with Gasteiger partial charge in [0.15, 0.2) is 0 Å². The maximum Gasteiger partial charge on any atom is 0.0786 e. The first-order valence-electron chi connectivity index (χ1n) is 17.6. The minimum absolute atomic E-state index is 0. The average molecular weight is 589 g/mol. The Bertz CT molecular complexity index is 370. The number of nitrogens with zero attached hydrogens (tertiary/aromatic N) is 1. The van der Waals surface area contributed by atoms with Gasteiger partial charge in [0.25, 0.3) is 0 Å². The monoisotopic (exact) mass is 588 g/mol. The predicted octanol–water partition coefficient (Wildman–Crippen LogP) is 9.42. The molecule has 2 heteroatoms. The van der Waals surface area contributed by atoms with E-state index in [4.69, 9.17) is 0 Å². The lowest BCUT2D eigenvalue weighted by Gasteiger charge is -2.39. The second-order valence-corrected chi connectivity index (χ2v) is 12.4. The predicted molar refractivity (Wildman–Crippen MR) is 167 cm³/mol. The smallest absolute Gasteiger partial charge is 0.0786 e. The summed E-state index contributed by atoms with van der Waals surface area (Å²) in [6.45, 7) is 15.2. The van der Waals surface area contributed by atoms with Crippen molar-refractivity contribution in [1.82, 2.24) is 0 Å². The second kappa shape index (κ2) is 32.7. The van der Waals surface area contributed by atoms with Crippen LogP contribution in [0.15, 0.2) is 0 Å². The van der Waals surface area contributed by atoms with E-state index in [1.165, 1.54) is 204 Å². The molecular formula is C35H74BrN. The molecule has 0 atom stereocenters. The summed E-state index contributed by atoms with van der Waals surface area (Å²) in [6.07, 6.45) is 39.3. The van der Waals surface area contributed by atoms with Crippen LogP contribution < -0.4 is 17.0 Å². The lowest BCUT2D eigenvalue weighted by atomic mass is 10.0. The number of hydrogen-bond donors (Lipinski definition) is 0. The second-order valence-electron chi connectivity index (χ2n) is 12.4. The molecule has 0 rings (SSSR count). The van der Waals surface area contributed by atoms with Gasteiger partial charge in [-0.15, -0.1) is 0 Å². The van der Waals surface area contributed by atoms with E-state index in [-0.39, 0.29) is 17.0 Å². The van der Waals surface area contributed by atoms with Crippen LogP contribution in [0.3, 0.4) is 0 Å². The minimum Gasteiger partial charge on any atom is -1.00 e. The molecule has 0 fully saturated rings. The zero-order valence-electron chi connectivity index (χ0n) is 26.7. The highest BCUT2D eigenvalue weighted by molar-refractivity contribution is 4.54. The molecule has 0 N–H and O–H groups in total. The first kappa shape index (κ1) is 39.6. The molecule has 0 aromatic rings. The van der Waals surface area contributed by atoms with E-state index >= 15 is 0 Å². The number of hydrogen-bond acceptors (Lipinski definition) is 0. The fourth-order valence-corrected chi connectivity index (χ4v) is 6.11. The molecule has 0 bridgehead atoms. The highest BCUT2D eigenvalue weighted by Crippen LogP contribution is 2.20. The molecule has 0 saturated heterocycles. The highest BCUT2D eigenvalue weighted by Gasteiger charge is 2.25. The molecule has 226 valence electrons. The van der Waals surface area contributed by atoms with Crippen molar-refractivity contribution in [3.63, 3.8) is 0 Å². The Morgan fingerprint density at radius 2 is 0.405 bits per heavy atom. The molecule has 0 aliphatic rings. The number of quaternary nitrogens is 1. The lowest BCUT2D eigenvalue weighted by Crippen LogP contribution is -3.00. The van der Waals surface area contributed by atoms with E-state index in [2.05, 4.69) is 27.7 Å². The Labute approximate surface area is 248 Å². The van der Waals surface area contributed by atoms with E-state index in [1.54, 1.807) is 0 Å². The van der Waals surface area contributed by atoms with Crippen molar-refractivity contribution < 1.29 is 21.5 Å². The molecule has 0 spiro atoms. The van der Waals surface area contributed by atoms with Crippen molar-refractivity contribution >= 4 is 0 Å². The van der Waals surface area contributed by atoms with Gasteiger partial charge >= 0.3 is 0 Å². The third-order valence-corrected chi connectivity index (χ3v) is 8.69. The topological polar surface area (TPSA) is 0 Å². The van der Waals surface area contributed by atoms with Crippen LogP contribution in [0.5, 0.6) is 0 Å². The summed E-state index contributed by atoms with van der Waals surface area (Å²) in [5, 5.41) is 0. The van der Waals surface area contributed by atoms with Crippen molar-refractivity contribution in [2.24, 2.45) is 0 Å². The van der Waals surface area contributed by atoms with Gasteiger partial charge in [0, 0.05) is 0 Å². The first-order chi connectivity index (χ1) is 17.7. The van der Waals surface area contributed by atoms with Gasteiger partial charge in [0.05, 0.1) is 26.2 Å². The molecule has 0 unspecified atom stereocenters.